The summed E-state index contributed by atoms with van der Waals surface area (Å²) < 4.78 is 40.6. The summed E-state index contributed by atoms with van der Waals surface area (Å²) in [7, 11) is 0. The van der Waals surface area contributed by atoms with Crippen LogP contribution in [0.15, 0.2) is 41.5 Å². The number of piperidine rings is 1. The molecule has 1 aromatic heterocycles. The Kier molecular flexibility index (Phi) is 5.24. The van der Waals surface area contributed by atoms with E-state index in [0.29, 0.717) is 18.6 Å². The van der Waals surface area contributed by atoms with Crippen LogP contribution in [0.3, 0.4) is 0 Å². The molecular formula is C25H22F2N4O4. The van der Waals surface area contributed by atoms with Crippen molar-refractivity contribution >= 4 is 17.0 Å². The molecule has 3 aromatic rings. The van der Waals surface area contributed by atoms with Crippen molar-refractivity contribution in [2.24, 2.45) is 11.8 Å². The van der Waals surface area contributed by atoms with E-state index < -0.39 is 28.5 Å². The van der Waals surface area contributed by atoms with Gasteiger partial charge in [0.2, 0.25) is 0 Å². The lowest BCUT2D eigenvalue weighted by Crippen LogP contribution is -2.37. The first-order chi connectivity index (χ1) is 16.6. The maximum atomic E-state index is 14.2. The fourth-order valence-corrected chi connectivity index (χ4v) is 4.63. The average Bonchev–Trinajstić information content (AvgIpc) is 3.27. The van der Waals surface area contributed by atoms with Gasteiger partial charge in [0, 0.05) is 31.0 Å². The molecule has 0 radical (unpaired) electrons. The highest BCUT2D eigenvalue weighted by Gasteiger charge is 2.58. The molecule has 2 fully saturated rings. The number of hydrogen-bond donors (Lipinski definition) is 0. The Bertz CT molecular complexity index is 1440. The minimum atomic E-state index is -0.908. The van der Waals surface area contributed by atoms with E-state index in [0.717, 1.165) is 12.1 Å². The van der Waals surface area contributed by atoms with E-state index in [-0.39, 0.29) is 40.7 Å². The molecule has 180 valence electrons. The van der Waals surface area contributed by atoms with Crippen LogP contribution in [-0.4, -0.2) is 39.2 Å². The highest BCUT2D eigenvalue weighted by atomic mass is 19.1. The second-order valence-electron chi connectivity index (χ2n) is 9.79. The summed E-state index contributed by atoms with van der Waals surface area (Å²) in [5.41, 5.74) is -1.03. The van der Waals surface area contributed by atoms with Gasteiger partial charge in [-0.1, -0.05) is 0 Å². The zero-order valence-electron chi connectivity index (χ0n) is 19.3. The van der Waals surface area contributed by atoms with Crippen LogP contribution in [0.4, 0.5) is 13.6 Å². The molecule has 5 rings (SSSR count). The summed E-state index contributed by atoms with van der Waals surface area (Å²) >= 11 is 0. The zero-order chi connectivity index (χ0) is 25.1. The van der Waals surface area contributed by atoms with Crippen molar-refractivity contribution in [2.45, 2.75) is 32.4 Å². The third-order valence-corrected chi connectivity index (χ3v) is 6.27. The van der Waals surface area contributed by atoms with E-state index in [1.807, 2.05) is 20.8 Å². The Hall–Kier alpha value is -4.00. The molecule has 0 N–H and O–H groups in total. The largest absolute Gasteiger partial charge is 0.453 e. The first kappa shape index (κ1) is 22.8. The summed E-state index contributed by atoms with van der Waals surface area (Å²) in [6.07, 6.45) is 1.13. The van der Waals surface area contributed by atoms with Gasteiger partial charge in [-0.05, 0) is 51.1 Å². The molecule has 10 heteroatoms. The molecule has 35 heavy (non-hydrogen) atoms. The lowest BCUT2D eigenvalue weighted by molar-refractivity contribution is 0.0266. The molecule has 2 heterocycles. The number of fused-ring (bicyclic) bond motifs is 2. The lowest BCUT2D eigenvalue weighted by atomic mass is 10.2. The second-order valence-corrected chi connectivity index (χ2v) is 9.79. The molecule has 0 spiro atoms. The van der Waals surface area contributed by atoms with E-state index in [4.69, 9.17) is 9.47 Å². The van der Waals surface area contributed by atoms with Crippen molar-refractivity contribution in [1.82, 2.24) is 14.5 Å². The van der Waals surface area contributed by atoms with Crippen LogP contribution >= 0.6 is 0 Å². The van der Waals surface area contributed by atoms with E-state index in [9.17, 15) is 23.6 Å². The Labute approximate surface area is 199 Å². The first-order valence-corrected chi connectivity index (χ1v) is 11.1. The number of ether oxygens (including phenoxy) is 2. The number of benzene rings is 2. The Morgan fingerprint density at radius 2 is 1.83 bits per heavy atom. The fourth-order valence-electron chi connectivity index (χ4n) is 4.63. The van der Waals surface area contributed by atoms with Crippen molar-refractivity contribution in [3.8, 4) is 17.6 Å². The SMILES string of the molecule is CC(C)(C)OC(=O)N1CC2C(C1)C2n1cnc2ccc(Oc3c(F)ccc(F)c3C#N)cc2c1=O. The highest BCUT2D eigenvalue weighted by molar-refractivity contribution is 5.79. The van der Waals surface area contributed by atoms with Gasteiger partial charge in [-0.15, -0.1) is 0 Å². The molecule has 1 saturated heterocycles. The minimum absolute atomic E-state index is 0.0715. The van der Waals surface area contributed by atoms with Gasteiger partial charge in [-0.3, -0.25) is 9.36 Å². The zero-order valence-corrected chi connectivity index (χ0v) is 19.3. The molecule has 2 aliphatic rings. The van der Waals surface area contributed by atoms with Crippen molar-refractivity contribution in [3.63, 3.8) is 0 Å². The van der Waals surface area contributed by atoms with Crippen LogP contribution in [0.1, 0.15) is 32.4 Å². The van der Waals surface area contributed by atoms with Gasteiger partial charge in [0.15, 0.2) is 11.6 Å². The van der Waals surface area contributed by atoms with Crippen LogP contribution in [0.2, 0.25) is 0 Å². The smallest absolute Gasteiger partial charge is 0.410 e. The van der Waals surface area contributed by atoms with Gasteiger partial charge in [0.05, 0.1) is 17.2 Å². The third kappa shape index (κ3) is 4.07. The maximum absolute atomic E-state index is 14.2. The standard InChI is InChI=1S/C25H22F2N4O4/c1-25(2,3)35-24(33)30-10-16-17(11-30)21(16)31-12-29-20-7-4-13(8-14(20)23(31)32)34-22-15(9-28)18(26)5-6-19(22)27/h4-8,12,16-17,21H,10-11H2,1-3H3. The predicted octanol–water partition coefficient (Wildman–Crippen LogP) is 4.38. The third-order valence-electron chi connectivity index (χ3n) is 6.27. The number of nitrogens with zero attached hydrogens (tertiary/aromatic N) is 4. The molecule has 2 atom stereocenters. The van der Waals surface area contributed by atoms with Crippen LogP contribution in [0, 0.1) is 34.8 Å². The maximum Gasteiger partial charge on any atom is 0.410 e. The van der Waals surface area contributed by atoms with E-state index in [1.54, 1.807) is 15.5 Å². The number of aromatic nitrogens is 2. The number of carbonyl (C=O) groups excluding carboxylic acids is 1. The van der Waals surface area contributed by atoms with Crippen molar-refractivity contribution in [2.75, 3.05) is 13.1 Å². The van der Waals surface area contributed by atoms with Gasteiger partial charge >= 0.3 is 6.09 Å². The summed E-state index contributed by atoms with van der Waals surface area (Å²) in [5, 5.41) is 9.42. The van der Waals surface area contributed by atoms with E-state index >= 15 is 0 Å². The molecule has 2 unspecified atom stereocenters. The van der Waals surface area contributed by atoms with Crippen molar-refractivity contribution in [1.29, 1.82) is 5.26 Å². The van der Waals surface area contributed by atoms with E-state index in [1.165, 1.54) is 24.5 Å². The Morgan fingerprint density at radius 3 is 2.49 bits per heavy atom. The van der Waals surface area contributed by atoms with Crippen LogP contribution < -0.4 is 10.3 Å². The molecule has 2 aromatic carbocycles. The quantitative estimate of drug-likeness (QED) is 0.552. The van der Waals surface area contributed by atoms with Crippen LogP contribution in [-0.2, 0) is 4.74 Å². The summed E-state index contributed by atoms with van der Waals surface area (Å²) in [6, 6.07) is 7.63. The van der Waals surface area contributed by atoms with Crippen LogP contribution in [0.5, 0.6) is 11.5 Å². The molecule has 1 aliphatic heterocycles. The van der Waals surface area contributed by atoms with E-state index in [2.05, 4.69) is 4.98 Å². The van der Waals surface area contributed by atoms with Crippen LogP contribution in [0.25, 0.3) is 10.9 Å². The summed E-state index contributed by atoms with van der Waals surface area (Å²) in [6.45, 7) is 6.42. The molecule has 8 nitrogen and oxygen atoms in total. The van der Waals surface area contributed by atoms with Gasteiger partial charge in [0.25, 0.3) is 5.56 Å². The number of nitriles is 1. The van der Waals surface area contributed by atoms with Gasteiger partial charge in [-0.25, -0.2) is 18.6 Å². The molecule has 0 bridgehead atoms. The monoisotopic (exact) mass is 480 g/mol. The lowest BCUT2D eigenvalue weighted by Gasteiger charge is -2.26. The average molecular weight is 480 g/mol. The Balaban J connectivity index is 1.39. The summed E-state index contributed by atoms with van der Waals surface area (Å²) in [5.74, 6) is -2.03. The topological polar surface area (TPSA) is 97.4 Å². The molecule has 1 amide bonds. The molecule has 1 aliphatic carbocycles. The fraction of sp³-hybridized carbons (Fsp3) is 0.360. The van der Waals surface area contributed by atoms with Crippen molar-refractivity contribution in [3.05, 3.63) is 64.2 Å². The van der Waals surface area contributed by atoms with Gasteiger partial charge < -0.3 is 14.4 Å². The second kappa shape index (κ2) is 8.05. The summed E-state index contributed by atoms with van der Waals surface area (Å²) in [4.78, 5) is 31.6. The predicted molar refractivity (Wildman–Crippen MR) is 121 cm³/mol. The molecular weight excluding hydrogens is 458 g/mol. The highest BCUT2D eigenvalue weighted by Crippen LogP contribution is 2.54. The number of likely N-dealkylation sites (tertiary alicyclic amines) is 1. The number of halogens is 2. The number of amides is 1. The number of carbonyl (C=O) groups is 1. The molecule has 1 saturated carbocycles. The first-order valence-electron chi connectivity index (χ1n) is 11.1. The normalized spacial score (nSPS) is 20.9. The van der Waals surface area contributed by atoms with Gasteiger partial charge in [-0.2, -0.15) is 5.26 Å². The van der Waals surface area contributed by atoms with Gasteiger partial charge in [0.1, 0.15) is 28.8 Å². The number of hydrogen-bond acceptors (Lipinski definition) is 6. The minimum Gasteiger partial charge on any atom is -0.453 e. The van der Waals surface area contributed by atoms with Crippen molar-refractivity contribution < 1.29 is 23.0 Å². The number of rotatable bonds is 3. The Morgan fingerprint density at radius 1 is 1.14 bits per heavy atom.